The van der Waals surface area contributed by atoms with Crippen LogP contribution in [-0.4, -0.2) is 37.1 Å². The van der Waals surface area contributed by atoms with Crippen LogP contribution in [0.1, 0.15) is 58.8 Å². The van der Waals surface area contributed by atoms with Crippen LogP contribution in [0.2, 0.25) is 0 Å². The quantitative estimate of drug-likeness (QED) is 0.826. The third kappa shape index (κ3) is 3.48. The van der Waals surface area contributed by atoms with Gasteiger partial charge in [0.2, 0.25) is 0 Å². The Morgan fingerprint density at radius 3 is 2.78 bits per heavy atom. The molecule has 4 atom stereocenters. The standard InChI is InChI=1S/C16H32N2/c1-4-14-7-5-9-16(11-14)18-10-6-8-15(12-18)13(2)17-3/h13-17H,4-12H2,1-3H3. The Hall–Kier alpha value is -0.0800. The Labute approximate surface area is 114 Å². The molecule has 0 radical (unpaired) electrons. The number of nitrogens with zero attached hydrogens (tertiary/aromatic N) is 1. The lowest BCUT2D eigenvalue weighted by Crippen LogP contribution is -2.48. The van der Waals surface area contributed by atoms with Crippen LogP contribution in [-0.2, 0) is 0 Å². The van der Waals surface area contributed by atoms with E-state index in [0.717, 1.165) is 17.9 Å². The van der Waals surface area contributed by atoms with Gasteiger partial charge in [0.15, 0.2) is 0 Å². The highest BCUT2D eigenvalue weighted by Crippen LogP contribution is 2.32. The molecular formula is C16H32N2. The van der Waals surface area contributed by atoms with E-state index in [9.17, 15) is 0 Å². The summed E-state index contributed by atoms with van der Waals surface area (Å²) in [6.45, 7) is 7.41. The van der Waals surface area contributed by atoms with Crippen LogP contribution < -0.4 is 5.32 Å². The third-order valence-corrected chi connectivity index (χ3v) is 5.50. The molecule has 1 saturated heterocycles. The highest BCUT2D eigenvalue weighted by molar-refractivity contribution is 4.86. The zero-order chi connectivity index (χ0) is 13.0. The van der Waals surface area contributed by atoms with Crippen molar-refractivity contribution in [3.05, 3.63) is 0 Å². The first-order chi connectivity index (χ1) is 8.74. The molecule has 2 heteroatoms. The fraction of sp³-hybridized carbons (Fsp3) is 1.00. The Morgan fingerprint density at radius 2 is 2.06 bits per heavy atom. The van der Waals surface area contributed by atoms with Gasteiger partial charge in [-0.25, -0.2) is 0 Å². The van der Waals surface area contributed by atoms with Gasteiger partial charge in [-0.15, -0.1) is 0 Å². The molecule has 1 aliphatic heterocycles. The van der Waals surface area contributed by atoms with Gasteiger partial charge in [-0.1, -0.05) is 26.2 Å². The summed E-state index contributed by atoms with van der Waals surface area (Å²) >= 11 is 0. The molecule has 1 N–H and O–H groups in total. The topological polar surface area (TPSA) is 15.3 Å². The van der Waals surface area contributed by atoms with E-state index >= 15 is 0 Å². The van der Waals surface area contributed by atoms with Gasteiger partial charge in [0.25, 0.3) is 0 Å². The first kappa shape index (κ1) is 14.3. The van der Waals surface area contributed by atoms with Crippen LogP contribution in [0.4, 0.5) is 0 Å². The summed E-state index contributed by atoms with van der Waals surface area (Å²) in [6.07, 6.45) is 10.1. The zero-order valence-corrected chi connectivity index (χ0v) is 12.6. The third-order valence-electron chi connectivity index (χ3n) is 5.50. The summed E-state index contributed by atoms with van der Waals surface area (Å²) in [7, 11) is 2.11. The first-order valence-electron chi connectivity index (χ1n) is 8.15. The van der Waals surface area contributed by atoms with Crippen molar-refractivity contribution in [1.29, 1.82) is 0 Å². The minimum absolute atomic E-state index is 0.679. The molecule has 0 amide bonds. The maximum atomic E-state index is 3.45. The van der Waals surface area contributed by atoms with Crippen molar-refractivity contribution in [2.45, 2.75) is 70.9 Å². The Kier molecular flexibility index (Phi) is 5.50. The fourth-order valence-electron chi connectivity index (χ4n) is 3.98. The average molecular weight is 252 g/mol. The van der Waals surface area contributed by atoms with Gasteiger partial charge in [0.05, 0.1) is 0 Å². The van der Waals surface area contributed by atoms with Crippen molar-refractivity contribution >= 4 is 0 Å². The van der Waals surface area contributed by atoms with Gasteiger partial charge in [-0.2, -0.15) is 0 Å². The van der Waals surface area contributed by atoms with E-state index in [2.05, 4.69) is 31.1 Å². The van der Waals surface area contributed by atoms with Crippen LogP contribution in [0.15, 0.2) is 0 Å². The zero-order valence-electron chi connectivity index (χ0n) is 12.6. The number of hydrogen-bond donors (Lipinski definition) is 1. The molecule has 4 unspecified atom stereocenters. The maximum absolute atomic E-state index is 3.45. The molecule has 2 nitrogen and oxygen atoms in total. The minimum atomic E-state index is 0.679. The second kappa shape index (κ2) is 6.91. The molecule has 0 bridgehead atoms. The molecule has 1 saturated carbocycles. The smallest absolute Gasteiger partial charge is 0.00980 e. The summed E-state index contributed by atoms with van der Waals surface area (Å²) in [6, 6.07) is 1.58. The maximum Gasteiger partial charge on any atom is 0.00980 e. The molecule has 1 heterocycles. The molecule has 0 aromatic heterocycles. The first-order valence-corrected chi connectivity index (χ1v) is 8.15. The molecule has 0 spiro atoms. The monoisotopic (exact) mass is 252 g/mol. The van der Waals surface area contributed by atoms with E-state index in [4.69, 9.17) is 0 Å². The summed E-state index contributed by atoms with van der Waals surface area (Å²) in [5.41, 5.74) is 0. The van der Waals surface area contributed by atoms with Crippen molar-refractivity contribution in [2.75, 3.05) is 20.1 Å². The number of rotatable bonds is 4. The second-order valence-electron chi connectivity index (χ2n) is 6.57. The molecule has 106 valence electrons. The molecule has 0 aromatic carbocycles. The summed E-state index contributed by atoms with van der Waals surface area (Å²) in [4.78, 5) is 2.82. The van der Waals surface area contributed by atoms with E-state index in [1.807, 2.05) is 0 Å². The van der Waals surface area contributed by atoms with E-state index in [1.165, 1.54) is 58.0 Å². The number of likely N-dealkylation sites (tertiary alicyclic amines) is 1. The lowest BCUT2D eigenvalue weighted by Gasteiger charge is -2.43. The molecule has 18 heavy (non-hydrogen) atoms. The highest BCUT2D eigenvalue weighted by atomic mass is 15.2. The molecule has 2 aliphatic rings. The van der Waals surface area contributed by atoms with Crippen molar-refractivity contribution in [3.63, 3.8) is 0 Å². The summed E-state index contributed by atoms with van der Waals surface area (Å²) in [5.74, 6) is 1.87. The molecule has 2 fully saturated rings. The van der Waals surface area contributed by atoms with Gasteiger partial charge < -0.3 is 10.2 Å². The van der Waals surface area contributed by atoms with Crippen LogP contribution in [0.3, 0.4) is 0 Å². The minimum Gasteiger partial charge on any atom is -0.317 e. The highest BCUT2D eigenvalue weighted by Gasteiger charge is 2.31. The van der Waals surface area contributed by atoms with Gasteiger partial charge in [0.1, 0.15) is 0 Å². The largest absolute Gasteiger partial charge is 0.317 e. The van der Waals surface area contributed by atoms with Gasteiger partial charge in [0, 0.05) is 18.6 Å². The predicted molar refractivity (Wildman–Crippen MR) is 78.9 cm³/mol. The molecule has 0 aromatic rings. The second-order valence-corrected chi connectivity index (χ2v) is 6.57. The van der Waals surface area contributed by atoms with Crippen LogP contribution >= 0.6 is 0 Å². The summed E-state index contributed by atoms with van der Waals surface area (Å²) < 4.78 is 0. The fourth-order valence-corrected chi connectivity index (χ4v) is 3.98. The number of hydrogen-bond acceptors (Lipinski definition) is 2. The molecule has 1 aliphatic carbocycles. The Bertz CT molecular complexity index is 239. The van der Waals surface area contributed by atoms with Gasteiger partial charge in [-0.3, -0.25) is 0 Å². The van der Waals surface area contributed by atoms with Gasteiger partial charge in [-0.05, 0) is 58.0 Å². The van der Waals surface area contributed by atoms with Crippen LogP contribution in [0.25, 0.3) is 0 Å². The SMILES string of the molecule is CCC1CCCC(N2CCCC(C(C)NC)C2)C1. The predicted octanol–water partition coefficient (Wildman–Crippen LogP) is 3.28. The average Bonchev–Trinajstić information content (AvgIpc) is 2.46. The lowest BCUT2D eigenvalue weighted by atomic mass is 9.81. The van der Waals surface area contributed by atoms with Crippen molar-refractivity contribution in [3.8, 4) is 0 Å². The van der Waals surface area contributed by atoms with Crippen LogP contribution in [0, 0.1) is 11.8 Å². The molecular weight excluding hydrogens is 220 g/mol. The Morgan fingerprint density at radius 1 is 1.22 bits per heavy atom. The van der Waals surface area contributed by atoms with Crippen molar-refractivity contribution in [2.24, 2.45) is 11.8 Å². The molecule has 2 rings (SSSR count). The van der Waals surface area contributed by atoms with Crippen LogP contribution in [0.5, 0.6) is 0 Å². The summed E-state index contributed by atoms with van der Waals surface area (Å²) in [5, 5.41) is 3.45. The van der Waals surface area contributed by atoms with E-state index < -0.39 is 0 Å². The number of piperidine rings is 1. The van der Waals surface area contributed by atoms with E-state index in [1.54, 1.807) is 0 Å². The van der Waals surface area contributed by atoms with Crippen molar-refractivity contribution < 1.29 is 0 Å². The van der Waals surface area contributed by atoms with Crippen molar-refractivity contribution in [1.82, 2.24) is 10.2 Å². The van der Waals surface area contributed by atoms with E-state index in [0.29, 0.717) is 6.04 Å². The lowest BCUT2D eigenvalue weighted by molar-refractivity contribution is 0.0724. The van der Waals surface area contributed by atoms with E-state index in [-0.39, 0.29) is 0 Å². The normalized spacial score (nSPS) is 36.5. The Balaban J connectivity index is 1.87. The van der Waals surface area contributed by atoms with Gasteiger partial charge >= 0.3 is 0 Å². The number of nitrogens with one attached hydrogen (secondary N) is 1.